The second kappa shape index (κ2) is 6.06. The Labute approximate surface area is 114 Å². The van der Waals surface area contributed by atoms with Crippen LogP contribution in [-0.2, 0) is 9.53 Å². The molecule has 1 unspecified atom stereocenters. The Balaban J connectivity index is 2.15. The number of aldehydes is 1. The molecule has 19 heavy (non-hydrogen) atoms. The molecule has 1 fully saturated rings. The van der Waals surface area contributed by atoms with E-state index in [0.29, 0.717) is 13.2 Å². The van der Waals surface area contributed by atoms with Gasteiger partial charge in [-0.1, -0.05) is 12.1 Å². The molecule has 0 aliphatic carbocycles. The summed E-state index contributed by atoms with van der Waals surface area (Å²) in [4.78, 5) is 13.5. The molecule has 0 radical (unpaired) electrons. The van der Waals surface area contributed by atoms with Gasteiger partial charge in [0.25, 0.3) is 0 Å². The van der Waals surface area contributed by atoms with E-state index in [1.54, 1.807) is 7.11 Å². The zero-order valence-corrected chi connectivity index (χ0v) is 11.6. The van der Waals surface area contributed by atoms with E-state index in [1.807, 2.05) is 31.3 Å². The van der Waals surface area contributed by atoms with Crippen LogP contribution in [0.3, 0.4) is 0 Å². The van der Waals surface area contributed by atoms with E-state index in [9.17, 15) is 4.79 Å². The molecular formula is C15H21NO3. The van der Waals surface area contributed by atoms with Crippen molar-refractivity contribution in [1.82, 2.24) is 0 Å². The Morgan fingerprint density at radius 3 is 2.89 bits per heavy atom. The number of ether oxygens (including phenoxy) is 2. The summed E-state index contributed by atoms with van der Waals surface area (Å²) in [6, 6.07) is 7.84. The first-order valence-corrected chi connectivity index (χ1v) is 6.59. The van der Waals surface area contributed by atoms with Crippen LogP contribution in [0, 0.1) is 5.41 Å². The van der Waals surface area contributed by atoms with E-state index in [4.69, 9.17) is 9.47 Å². The normalized spacial score (nSPS) is 22.8. The van der Waals surface area contributed by atoms with Gasteiger partial charge in [0, 0.05) is 20.2 Å². The molecule has 104 valence electrons. The quantitative estimate of drug-likeness (QED) is 0.763. The molecule has 1 aliphatic heterocycles. The Morgan fingerprint density at radius 1 is 1.47 bits per heavy atom. The molecule has 0 N–H and O–H groups in total. The topological polar surface area (TPSA) is 38.8 Å². The third-order valence-corrected chi connectivity index (χ3v) is 3.65. The minimum absolute atomic E-state index is 0.395. The number of hydrogen-bond acceptors (Lipinski definition) is 4. The number of rotatable bonds is 5. The van der Waals surface area contributed by atoms with Crippen LogP contribution >= 0.6 is 0 Å². The highest BCUT2D eigenvalue weighted by Gasteiger charge is 2.34. The number of hydrogen-bond donors (Lipinski definition) is 0. The van der Waals surface area contributed by atoms with E-state index in [2.05, 4.69) is 4.90 Å². The maximum atomic E-state index is 11.5. The van der Waals surface area contributed by atoms with Crippen LogP contribution in [0.25, 0.3) is 0 Å². The van der Waals surface area contributed by atoms with Gasteiger partial charge in [-0.15, -0.1) is 0 Å². The second-order valence-electron chi connectivity index (χ2n) is 5.16. The van der Waals surface area contributed by atoms with Crippen LogP contribution in [0.1, 0.15) is 12.8 Å². The van der Waals surface area contributed by atoms with E-state index in [1.165, 1.54) is 0 Å². The molecule has 1 aromatic rings. The first kappa shape index (κ1) is 13.9. The van der Waals surface area contributed by atoms with Crippen molar-refractivity contribution in [2.24, 2.45) is 5.41 Å². The van der Waals surface area contributed by atoms with Gasteiger partial charge in [-0.05, 0) is 25.0 Å². The predicted octanol–water partition coefficient (Wildman–Crippen LogP) is 2.13. The SMILES string of the molecule is COc1ccccc1N(C)CC1(C=O)CCCOC1. The third kappa shape index (κ3) is 3.07. The number of para-hydroxylation sites is 2. The van der Waals surface area contributed by atoms with Crippen molar-refractivity contribution in [2.75, 3.05) is 38.8 Å². The minimum atomic E-state index is -0.395. The second-order valence-corrected chi connectivity index (χ2v) is 5.16. The molecule has 4 nitrogen and oxygen atoms in total. The van der Waals surface area contributed by atoms with Crippen LogP contribution in [0.5, 0.6) is 5.75 Å². The van der Waals surface area contributed by atoms with E-state index < -0.39 is 5.41 Å². The van der Waals surface area contributed by atoms with Gasteiger partial charge < -0.3 is 19.2 Å². The average molecular weight is 263 g/mol. The summed E-state index contributed by atoms with van der Waals surface area (Å²) in [5.41, 5.74) is 0.602. The zero-order chi connectivity index (χ0) is 13.7. The highest BCUT2D eigenvalue weighted by Crippen LogP contribution is 2.32. The molecular weight excluding hydrogens is 242 g/mol. The fourth-order valence-corrected chi connectivity index (χ4v) is 2.63. The minimum Gasteiger partial charge on any atom is -0.495 e. The molecule has 0 aromatic heterocycles. The largest absolute Gasteiger partial charge is 0.495 e. The van der Waals surface area contributed by atoms with Crippen LogP contribution in [0.4, 0.5) is 5.69 Å². The molecule has 1 aromatic carbocycles. The Morgan fingerprint density at radius 2 is 2.26 bits per heavy atom. The maximum Gasteiger partial charge on any atom is 0.142 e. The van der Waals surface area contributed by atoms with Crippen molar-refractivity contribution in [1.29, 1.82) is 0 Å². The van der Waals surface area contributed by atoms with Crippen LogP contribution in [0.15, 0.2) is 24.3 Å². The number of methoxy groups -OCH3 is 1. The lowest BCUT2D eigenvalue weighted by atomic mass is 9.83. The lowest BCUT2D eigenvalue weighted by Crippen LogP contribution is -2.43. The molecule has 0 amide bonds. The van der Waals surface area contributed by atoms with Crippen molar-refractivity contribution < 1.29 is 14.3 Å². The Kier molecular flexibility index (Phi) is 4.43. The van der Waals surface area contributed by atoms with Crippen LogP contribution < -0.4 is 9.64 Å². The van der Waals surface area contributed by atoms with Gasteiger partial charge in [0.2, 0.25) is 0 Å². The fourth-order valence-electron chi connectivity index (χ4n) is 2.63. The molecule has 0 saturated carbocycles. The Hall–Kier alpha value is -1.55. The maximum absolute atomic E-state index is 11.5. The van der Waals surface area contributed by atoms with Crippen molar-refractivity contribution in [2.45, 2.75) is 12.8 Å². The summed E-state index contributed by atoms with van der Waals surface area (Å²) in [5, 5.41) is 0. The van der Waals surface area contributed by atoms with Gasteiger partial charge in [0.1, 0.15) is 12.0 Å². The molecule has 1 aliphatic rings. The van der Waals surface area contributed by atoms with Gasteiger partial charge in [0.15, 0.2) is 0 Å². The van der Waals surface area contributed by atoms with Crippen molar-refractivity contribution in [3.05, 3.63) is 24.3 Å². The molecule has 0 spiro atoms. The summed E-state index contributed by atoms with van der Waals surface area (Å²) in [6.07, 6.45) is 2.88. The molecule has 1 heterocycles. The molecule has 1 saturated heterocycles. The van der Waals surface area contributed by atoms with E-state index in [0.717, 1.165) is 37.2 Å². The summed E-state index contributed by atoms with van der Waals surface area (Å²) in [6.45, 7) is 1.92. The molecule has 0 bridgehead atoms. The molecule has 1 atom stereocenters. The summed E-state index contributed by atoms with van der Waals surface area (Å²) >= 11 is 0. The van der Waals surface area contributed by atoms with E-state index >= 15 is 0 Å². The highest BCUT2D eigenvalue weighted by molar-refractivity contribution is 5.64. The number of nitrogens with zero attached hydrogens (tertiary/aromatic N) is 1. The van der Waals surface area contributed by atoms with Gasteiger partial charge in [-0.25, -0.2) is 0 Å². The predicted molar refractivity (Wildman–Crippen MR) is 74.8 cm³/mol. The van der Waals surface area contributed by atoms with Gasteiger partial charge in [-0.2, -0.15) is 0 Å². The number of carbonyl (C=O) groups is 1. The summed E-state index contributed by atoms with van der Waals surface area (Å²) in [7, 11) is 3.64. The first-order valence-electron chi connectivity index (χ1n) is 6.59. The molecule has 2 rings (SSSR count). The van der Waals surface area contributed by atoms with Crippen molar-refractivity contribution in [3.63, 3.8) is 0 Å². The number of carbonyl (C=O) groups excluding carboxylic acids is 1. The summed E-state index contributed by atoms with van der Waals surface area (Å²) in [5.74, 6) is 0.822. The number of benzene rings is 1. The first-order chi connectivity index (χ1) is 9.21. The van der Waals surface area contributed by atoms with Gasteiger partial charge in [-0.3, -0.25) is 0 Å². The van der Waals surface area contributed by atoms with Crippen LogP contribution in [0.2, 0.25) is 0 Å². The third-order valence-electron chi connectivity index (χ3n) is 3.65. The van der Waals surface area contributed by atoms with Gasteiger partial charge >= 0.3 is 0 Å². The van der Waals surface area contributed by atoms with Crippen molar-refractivity contribution in [3.8, 4) is 5.75 Å². The number of anilines is 1. The Bertz CT molecular complexity index is 427. The summed E-state index contributed by atoms with van der Waals surface area (Å²) < 4.78 is 10.8. The zero-order valence-electron chi connectivity index (χ0n) is 11.6. The van der Waals surface area contributed by atoms with Crippen LogP contribution in [-0.4, -0.2) is 40.2 Å². The average Bonchev–Trinajstić information content (AvgIpc) is 2.48. The lowest BCUT2D eigenvalue weighted by Gasteiger charge is -2.36. The standard InChI is InChI=1S/C15H21NO3/c1-16(13-6-3-4-7-14(13)18-2)10-15(11-17)8-5-9-19-12-15/h3-4,6-7,11H,5,8-10,12H2,1-2H3. The fraction of sp³-hybridized carbons (Fsp3) is 0.533. The van der Waals surface area contributed by atoms with Crippen molar-refractivity contribution >= 4 is 12.0 Å². The highest BCUT2D eigenvalue weighted by atomic mass is 16.5. The lowest BCUT2D eigenvalue weighted by molar-refractivity contribution is -0.122. The monoisotopic (exact) mass is 263 g/mol. The van der Waals surface area contributed by atoms with Gasteiger partial charge in [0.05, 0.1) is 24.8 Å². The molecule has 4 heteroatoms. The van der Waals surface area contributed by atoms with E-state index in [-0.39, 0.29) is 0 Å². The smallest absolute Gasteiger partial charge is 0.142 e.